The Labute approximate surface area is 155 Å². The van der Waals surface area contributed by atoms with Crippen molar-refractivity contribution in [1.82, 2.24) is 4.98 Å². The molecule has 4 aromatic rings. The number of carboxylic acid groups (broad SMARTS) is 1. The second kappa shape index (κ2) is 6.92. The van der Waals surface area contributed by atoms with Crippen LogP contribution in [0.1, 0.15) is 21.5 Å². The van der Waals surface area contributed by atoms with Crippen molar-refractivity contribution in [3.63, 3.8) is 0 Å². The number of carboxylic acids is 1. The van der Waals surface area contributed by atoms with E-state index in [0.29, 0.717) is 5.56 Å². The van der Waals surface area contributed by atoms with Crippen molar-refractivity contribution >= 4 is 29.0 Å². The van der Waals surface area contributed by atoms with Gasteiger partial charge in [-0.25, -0.2) is 9.18 Å². The molecule has 0 atom stereocenters. The molecule has 0 saturated heterocycles. The molecule has 0 aliphatic rings. The van der Waals surface area contributed by atoms with Gasteiger partial charge < -0.3 is 10.1 Å². The van der Waals surface area contributed by atoms with Gasteiger partial charge in [0, 0.05) is 11.7 Å². The molecule has 2 N–H and O–H groups in total. The van der Waals surface area contributed by atoms with Crippen LogP contribution in [0.4, 0.5) is 4.39 Å². The zero-order chi connectivity index (χ0) is 18.8. The topological polar surface area (TPSA) is 53.1 Å². The molecule has 0 fully saturated rings. The maximum Gasteiger partial charge on any atom is 0.336 e. The van der Waals surface area contributed by atoms with Crippen LogP contribution in [0.15, 0.2) is 72.9 Å². The molecule has 0 radical (unpaired) electrons. The largest absolute Gasteiger partial charge is 0.478 e. The number of fused-ring (bicyclic) bond motifs is 1. The maximum absolute atomic E-state index is 13.2. The van der Waals surface area contributed by atoms with Gasteiger partial charge in [-0.1, -0.05) is 36.4 Å². The van der Waals surface area contributed by atoms with Crippen LogP contribution in [0, 0.1) is 5.82 Å². The second-order valence-corrected chi connectivity index (χ2v) is 6.27. The number of aromatic amines is 1. The molecule has 27 heavy (non-hydrogen) atoms. The molecule has 1 heterocycles. The molecule has 0 spiro atoms. The average Bonchev–Trinajstić information content (AvgIpc) is 3.14. The highest BCUT2D eigenvalue weighted by molar-refractivity contribution is 5.95. The third-order valence-electron chi connectivity index (χ3n) is 4.49. The van der Waals surface area contributed by atoms with Crippen molar-refractivity contribution in [3.05, 3.63) is 95.4 Å². The first-order valence-corrected chi connectivity index (χ1v) is 8.49. The van der Waals surface area contributed by atoms with Gasteiger partial charge in [-0.15, -0.1) is 0 Å². The maximum atomic E-state index is 13.2. The number of hydrogen-bond acceptors (Lipinski definition) is 1. The highest BCUT2D eigenvalue weighted by Gasteiger charge is 2.10. The van der Waals surface area contributed by atoms with E-state index < -0.39 is 5.97 Å². The number of hydrogen-bond donors (Lipinski definition) is 2. The lowest BCUT2D eigenvalue weighted by Gasteiger charge is -2.07. The predicted molar refractivity (Wildman–Crippen MR) is 106 cm³/mol. The van der Waals surface area contributed by atoms with E-state index in [1.807, 2.05) is 42.6 Å². The fourth-order valence-corrected chi connectivity index (χ4v) is 3.08. The highest BCUT2D eigenvalue weighted by atomic mass is 19.1. The van der Waals surface area contributed by atoms with Crippen LogP contribution < -0.4 is 0 Å². The number of rotatable bonds is 4. The standard InChI is InChI=1S/C23H16FNO2/c24-20-7-4-16(5-8-20)17-6-9-21(23(26)27)18(14-17)3-1-15-2-10-22-19(13-15)11-12-25-22/h1-14,25H,(H,26,27)/b3-1+. The highest BCUT2D eigenvalue weighted by Crippen LogP contribution is 2.25. The van der Waals surface area contributed by atoms with Crippen molar-refractivity contribution in [2.75, 3.05) is 0 Å². The monoisotopic (exact) mass is 357 g/mol. The minimum atomic E-state index is -0.985. The smallest absolute Gasteiger partial charge is 0.336 e. The third kappa shape index (κ3) is 3.51. The Morgan fingerprint density at radius 2 is 1.67 bits per heavy atom. The van der Waals surface area contributed by atoms with Crippen molar-refractivity contribution in [2.45, 2.75) is 0 Å². The van der Waals surface area contributed by atoms with Crippen LogP contribution in [-0.2, 0) is 0 Å². The molecule has 0 unspecified atom stereocenters. The first-order valence-electron chi connectivity index (χ1n) is 8.49. The number of aromatic carboxylic acids is 1. The number of H-pyrrole nitrogens is 1. The molecule has 0 bridgehead atoms. The Kier molecular flexibility index (Phi) is 4.30. The van der Waals surface area contributed by atoms with Gasteiger partial charge in [-0.2, -0.15) is 0 Å². The second-order valence-electron chi connectivity index (χ2n) is 6.27. The van der Waals surface area contributed by atoms with Crippen molar-refractivity contribution in [1.29, 1.82) is 0 Å². The van der Waals surface area contributed by atoms with Crippen LogP contribution in [0.5, 0.6) is 0 Å². The van der Waals surface area contributed by atoms with Crippen LogP contribution in [0.3, 0.4) is 0 Å². The fourth-order valence-electron chi connectivity index (χ4n) is 3.08. The van der Waals surface area contributed by atoms with E-state index in [2.05, 4.69) is 4.98 Å². The first-order chi connectivity index (χ1) is 13.1. The summed E-state index contributed by atoms with van der Waals surface area (Å²) in [5.41, 5.74) is 4.51. The van der Waals surface area contributed by atoms with E-state index in [9.17, 15) is 14.3 Å². The quantitative estimate of drug-likeness (QED) is 0.451. The lowest BCUT2D eigenvalue weighted by molar-refractivity contribution is 0.0696. The van der Waals surface area contributed by atoms with Crippen LogP contribution in [0.25, 0.3) is 34.2 Å². The average molecular weight is 357 g/mol. The van der Waals surface area contributed by atoms with Gasteiger partial charge >= 0.3 is 5.97 Å². The van der Waals surface area contributed by atoms with Crippen molar-refractivity contribution in [2.24, 2.45) is 0 Å². The Morgan fingerprint density at radius 1 is 0.889 bits per heavy atom. The van der Waals surface area contributed by atoms with Crippen molar-refractivity contribution < 1.29 is 14.3 Å². The molecular weight excluding hydrogens is 341 g/mol. The summed E-state index contributed by atoms with van der Waals surface area (Å²) in [6.45, 7) is 0. The van der Waals surface area contributed by atoms with Gasteiger partial charge in [0.2, 0.25) is 0 Å². The number of carbonyl (C=O) groups is 1. The van der Waals surface area contributed by atoms with Crippen LogP contribution in [0.2, 0.25) is 0 Å². The predicted octanol–water partition coefficient (Wildman–Crippen LogP) is 5.84. The summed E-state index contributed by atoms with van der Waals surface area (Å²) in [6.07, 6.45) is 5.57. The Hall–Kier alpha value is -3.66. The summed E-state index contributed by atoms with van der Waals surface area (Å²) in [6, 6.07) is 19.2. The number of aromatic nitrogens is 1. The molecule has 4 heteroatoms. The number of halogens is 1. The van der Waals surface area contributed by atoms with Crippen molar-refractivity contribution in [3.8, 4) is 11.1 Å². The summed E-state index contributed by atoms with van der Waals surface area (Å²) in [5.74, 6) is -1.29. The summed E-state index contributed by atoms with van der Waals surface area (Å²) in [7, 11) is 0. The molecule has 1 aromatic heterocycles. The van der Waals surface area contributed by atoms with E-state index in [1.165, 1.54) is 12.1 Å². The molecule has 0 amide bonds. The molecular formula is C23H16FNO2. The molecule has 3 aromatic carbocycles. The van der Waals surface area contributed by atoms with Gasteiger partial charge in [0.25, 0.3) is 0 Å². The molecule has 132 valence electrons. The van der Waals surface area contributed by atoms with Gasteiger partial charge in [-0.3, -0.25) is 0 Å². The normalized spacial score (nSPS) is 11.3. The summed E-state index contributed by atoms with van der Waals surface area (Å²) < 4.78 is 13.2. The molecule has 3 nitrogen and oxygen atoms in total. The minimum absolute atomic E-state index is 0.222. The number of benzene rings is 3. The molecule has 0 aliphatic carbocycles. The van der Waals surface area contributed by atoms with E-state index in [0.717, 1.165) is 27.6 Å². The van der Waals surface area contributed by atoms with Gasteiger partial charge in [-0.05, 0) is 70.1 Å². The van der Waals surface area contributed by atoms with Crippen LogP contribution >= 0.6 is 0 Å². The lowest BCUT2D eigenvalue weighted by atomic mass is 9.98. The summed E-state index contributed by atoms with van der Waals surface area (Å²) >= 11 is 0. The fraction of sp³-hybridized carbons (Fsp3) is 0. The minimum Gasteiger partial charge on any atom is -0.478 e. The SMILES string of the molecule is O=C(O)c1ccc(-c2ccc(F)cc2)cc1/C=C/c1ccc2[nH]ccc2c1. The third-order valence-corrected chi connectivity index (χ3v) is 4.49. The van der Waals surface area contributed by atoms with Crippen LogP contribution in [-0.4, -0.2) is 16.1 Å². The summed E-state index contributed by atoms with van der Waals surface area (Å²) in [4.78, 5) is 14.7. The van der Waals surface area contributed by atoms with E-state index >= 15 is 0 Å². The van der Waals surface area contributed by atoms with Gasteiger partial charge in [0.05, 0.1) is 5.56 Å². The number of nitrogens with one attached hydrogen (secondary N) is 1. The van der Waals surface area contributed by atoms with E-state index in [1.54, 1.807) is 30.3 Å². The van der Waals surface area contributed by atoms with E-state index in [4.69, 9.17) is 0 Å². The van der Waals surface area contributed by atoms with Gasteiger partial charge in [0.1, 0.15) is 5.82 Å². The molecule has 0 aliphatic heterocycles. The Bertz CT molecular complexity index is 1160. The van der Waals surface area contributed by atoms with Gasteiger partial charge in [0.15, 0.2) is 0 Å². The summed E-state index contributed by atoms with van der Waals surface area (Å²) in [5, 5.41) is 10.6. The Balaban J connectivity index is 1.73. The molecule has 4 rings (SSSR count). The molecule has 0 saturated carbocycles. The first kappa shape index (κ1) is 16.8. The van der Waals surface area contributed by atoms with E-state index in [-0.39, 0.29) is 11.4 Å². The Morgan fingerprint density at radius 3 is 2.44 bits per heavy atom. The zero-order valence-corrected chi connectivity index (χ0v) is 14.3. The zero-order valence-electron chi connectivity index (χ0n) is 14.3. The lowest BCUT2D eigenvalue weighted by Crippen LogP contribution is -1.99.